The second-order valence-corrected chi connectivity index (χ2v) is 5.57. The van der Waals surface area contributed by atoms with Crippen LogP contribution in [0.2, 0.25) is 0 Å². The van der Waals surface area contributed by atoms with Crippen molar-refractivity contribution in [2.45, 2.75) is 19.4 Å². The molecule has 100 valence electrons. The highest BCUT2D eigenvalue weighted by molar-refractivity contribution is 7.13. The monoisotopic (exact) mass is 277 g/mol. The molecule has 3 rings (SSSR count). The molecule has 1 saturated heterocycles. The predicted molar refractivity (Wildman–Crippen MR) is 73.5 cm³/mol. The van der Waals surface area contributed by atoms with Crippen molar-refractivity contribution in [1.29, 1.82) is 0 Å². The van der Waals surface area contributed by atoms with Crippen LogP contribution >= 0.6 is 11.3 Å². The highest BCUT2D eigenvalue weighted by atomic mass is 32.1. The van der Waals surface area contributed by atoms with Crippen LogP contribution < -0.4 is 10.6 Å². The minimum Gasteiger partial charge on any atom is -0.366 e. The maximum absolute atomic E-state index is 11.1. The second-order valence-electron chi connectivity index (χ2n) is 4.73. The number of hydrogen-bond donors (Lipinski definition) is 1. The standard InChI is InChI=1S/C12H15N5OS/c1-8-7-19-12(15-8)16-3-2-10(6-16)17-5-9(4-14-17)11(13)18/h4-5,7,10H,2-3,6H2,1H3,(H2,13,18). The lowest BCUT2D eigenvalue weighted by molar-refractivity contribution is 0.1000. The van der Waals surface area contributed by atoms with Gasteiger partial charge in [0.25, 0.3) is 5.91 Å². The summed E-state index contributed by atoms with van der Waals surface area (Å²) in [6, 6.07) is 0.275. The molecule has 1 unspecified atom stereocenters. The number of aryl methyl sites for hydroxylation is 1. The van der Waals surface area contributed by atoms with Gasteiger partial charge in [-0.05, 0) is 13.3 Å². The number of carbonyl (C=O) groups is 1. The molecule has 7 heteroatoms. The number of nitrogens with zero attached hydrogens (tertiary/aromatic N) is 4. The SMILES string of the molecule is Cc1csc(N2CCC(n3cc(C(N)=O)cn3)C2)n1. The van der Waals surface area contributed by atoms with Gasteiger partial charge in [0.05, 0.1) is 23.5 Å². The van der Waals surface area contributed by atoms with Crippen molar-refractivity contribution in [2.75, 3.05) is 18.0 Å². The molecule has 2 N–H and O–H groups in total. The zero-order chi connectivity index (χ0) is 13.4. The lowest BCUT2D eigenvalue weighted by Crippen LogP contribution is -2.21. The summed E-state index contributed by atoms with van der Waals surface area (Å²) in [6.45, 7) is 3.83. The Morgan fingerprint density at radius 1 is 1.58 bits per heavy atom. The summed E-state index contributed by atoms with van der Waals surface area (Å²) >= 11 is 1.67. The van der Waals surface area contributed by atoms with Crippen LogP contribution in [0.3, 0.4) is 0 Å². The van der Waals surface area contributed by atoms with Crippen molar-refractivity contribution < 1.29 is 4.79 Å². The third kappa shape index (κ3) is 2.33. The topological polar surface area (TPSA) is 77.0 Å². The third-order valence-corrected chi connectivity index (χ3v) is 4.32. The summed E-state index contributed by atoms with van der Waals surface area (Å²) < 4.78 is 1.83. The molecule has 6 nitrogen and oxygen atoms in total. The predicted octanol–water partition coefficient (Wildman–Crippen LogP) is 1.20. The quantitative estimate of drug-likeness (QED) is 0.914. The summed E-state index contributed by atoms with van der Waals surface area (Å²) in [5.74, 6) is -0.434. The molecule has 1 amide bonds. The summed E-state index contributed by atoms with van der Waals surface area (Å²) in [4.78, 5) is 17.8. The van der Waals surface area contributed by atoms with Crippen molar-refractivity contribution >= 4 is 22.4 Å². The van der Waals surface area contributed by atoms with Crippen LogP contribution in [0.25, 0.3) is 0 Å². The van der Waals surface area contributed by atoms with Gasteiger partial charge < -0.3 is 10.6 Å². The molecule has 1 aliphatic rings. The largest absolute Gasteiger partial charge is 0.366 e. The molecule has 2 aromatic rings. The van der Waals surface area contributed by atoms with Crippen molar-refractivity contribution in [2.24, 2.45) is 5.73 Å². The first-order chi connectivity index (χ1) is 9.13. The van der Waals surface area contributed by atoms with Crippen LogP contribution in [0, 0.1) is 6.92 Å². The van der Waals surface area contributed by atoms with Crippen LogP contribution in [0.4, 0.5) is 5.13 Å². The normalized spacial score (nSPS) is 19.0. The highest BCUT2D eigenvalue weighted by Gasteiger charge is 2.26. The molecule has 1 fully saturated rings. The van der Waals surface area contributed by atoms with Crippen molar-refractivity contribution in [1.82, 2.24) is 14.8 Å². The van der Waals surface area contributed by atoms with Crippen LogP contribution in [0.5, 0.6) is 0 Å². The zero-order valence-electron chi connectivity index (χ0n) is 10.6. The maximum atomic E-state index is 11.1. The van der Waals surface area contributed by atoms with Gasteiger partial charge in [-0.1, -0.05) is 0 Å². The first-order valence-corrected chi connectivity index (χ1v) is 7.02. The Labute approximate surface area is 114 Å². The summed E-state index contributed by atoms with van der Waals surface area (Å²) in [6.07, 6.45) is 4.25. The number of nitrogens with two attached hydrogens (primary N) is 1. The fourth-order valence-electron chi connectivity index (χ4n) is 2.28. The molecule has 0 bridgehead atoms. The van der Waals surface area contributed by atoms with Crippen LogP contribution in [0.1, 0.15) is 28.5 Å². The van der Waals surface area contributed by atoms with E-state index in [0.717, 1.165) is 30.3 Å². The van der Waals surface area contributed by atoms with E-state index in [2.05, 4.69) is 20.4 Å². The van der Waals surface area contributed by atoms with E-state index in [4.69, 9.17) is 5.73 Å². The molecule has 1 aliphatic heterocycles. The lowest BCUT2D eigenvalue weighted by Gasteiger charge is -2.14. The maximum Gasteiger partial charge on any atom is 0.251 e. The van der Waals surface area contributed by atoms with E-state index in [1.54, 1.807) is 17.5 Å². The first kappa shape index (κ1) is 12.2. The molecule has 0 saturated carbocycles. The van der Waals surface area contributed by atoms with E-state index in [1.165, 1.54) is 6.20 Å². The van der Waals surface area contributed by atoms with Crippen molar-refractivity contribution in [3.8, 4) is 0 Å². The highest BCUT2D eigenvalue weighted by Crippen LogP contribution is 2.28. The number of aromatic nitrogens is 3. The van der Waals surface area contributed by atoms with Crippen molar-refractivity contribution in [3.63, 3.8) is 0 Å². The summed E-state index contributed by atoms with van der Waals surface area (Å²) in [7, 11) is 0. The zero-order valence-corrected chi connectivity index (χ0v) is 11.4. The molecule has 0 aliphatic carbocycles. The number of carbonyl (C=O) groups excluding carboxylic acids is 1. The fraction of sp³-hybridized carbons (Fsp3) is 0.417. The van der Waals surface area contributed by atoms with Gasteiger partial charge in [0, 0.05) is 24.7 Å². The van der Waals surface area contributed by atoms with Crippen molar-refractivity contribution in [3.05, 3.63) is 29.0 Å². The molecule has 19 heavy (non-hydrogen) atoms. The van der Waals surface area contributed by atoms with Gasteiger partial charge in [0.15, 0.2) is 5.13 Å². The van der Waals surface area contributed by atoms with E-state index in [9.17, 15) is 4.79 Å². The van der Waals surface area contributed by atoms with Gasteiger partial charge in [-0.15, -0.1) is 11.3 Å². The Hall–Kier alpha value is -1.89. The molecule has 2 aromatic heterocycles. The number of thiazole rings is 1. The average molecular weight is 277 g/mol. The smallest absolute Gasteiger partial charge is 0.251 e. The Morgan fingerprint density at radius 3 is 3.05 bits per heavy atom. The Kier molecular flexibility index (Phi) is 2.98. The molecule has 0 aromatic carbocycles. The number of hydrogen-bond acceptors (Lipinski definition) is 5. The number of primary amides is 1. The Morgan fingerprint density at radius 2 is 2.42 bits per heavy atom. The lowest BCUT2D eigenvalue weighted by atomic mass is 10.3. The van der Waals surface area contributed by atoms with Crippen LogP contribution in [-0.4, -0.2) is 33.8 Å². The number of anilines is 1. The van der Waals surface area contributed by atoms with Gasteiger partial charge in [0.2, 0.25) is 0 Å². The molecule has 3 heterocycles. The van der Waals surface area contributed by atoms with E-state index in [1.807, 2.05) is 11.6 Å². The van der Waals surface area contributed by atoms with Gasteiger partial charge in [-0.2, -0.15) is 5.10 Å². The molecule has 0 spiro atoms. The minimum atomic E-state index is -0.434. The van der Waals surface area contributed by atoms with Gasteiger partial charge in [0.1, 0.15) is 0 Å². The van der Waals surface area contributed by atoms with Gasteiger partial charge >= 0.3 is 0 Å². The van der Waals surface area contributed by atoms with E-state index >= 15 is 0 Å². The van der Waals surface area contributed by atoms with Gasteiger partial charge in [-0.3, -0.25) is 9.48 Å². The minimum absolute atomic E-state index is 0.275. The van der Waals surface area contributed by atoms with Crippen LogP contribution in [0.15, 0.2) is 17.8 Å². The van der Waals surface area contributed by atoms with E-state index in [-0.39, 0.29) is 6.04 Å². The van der Waals surface area contributed by atoms with Gasteiger partial charge in [-0.25, -0.2) is 4.98 Å². The average Bonchev–Trinajstić information content (AvgIpc) is 3.07. The summed E-state index contributed by atoms with van der Waals surface area (Å²) in [5, 5.41) is 7.34. The third-order valence-electron chi connectivity index (χ3n) is 3.30. The molecular formula is C12H15N5OS. The molecule has 0 radical (unpaired) electrons. The van der Waals surface area contributed by atoms with Crippen LogP contribution in [-0.2, 0) is 0 Å². The Balaban J connectivity index is 1.73. The number of amides is 1. The van der Waals surface area contributed by atoms with E-state index < -0.39 is 5.91 Å². The van der Waals surface area contributed by atoms with E-state index in [0.29, 0.717) is 5.56 Å². The fourth-order valence-corrected chi connectivity index (χ4v) is 3.12. The molecule has 1 atom stereocenters. The molecular weight excluding hydrogens is 262 g/mol. The first-order valence-electron chi connectivity index (χ1n) is 6.14. The Bertz CT molecular complexity index is 605. The number of rotatable bonds is 3. The summed E-state index contributed by atoms with van der Waals surface area (Å²) in [5.41, 5.74) is 6.75. The second kappa shape index (κ2) is 4.65.